The Morgan fingerprint density at radius 2 is 2.05 bits per heavy atom. The highest BCUT2D eigenvalue weighted by Gasteiger charge is 2.19. The molecule has 2 rings (SSSR count). The molecule has 0 amide bonds. The Balaban J connectivity index is 2.14. The molecule has 0 radical (unpaired) electrons. The van der Waals surface area contributed by atoms with Crippen LogP contribution in [0.4, 0.5) is 0 Å². The Hall–Kier alpha value is -1.88. The van der Waals surface area contributed by atoms with Crippen molar-refractivity contribution in [2.24, 2.45) is 0 Å². The van der Waals surface area contributed by atoms with Gasteiger partial charge in [-0.3, -0.25) is 9.59 Å². The predicted molar refractivity (Wildman–Crippen MR) is 79.6 cm³/mol. The van der Waals surface area contributed by atoms with Crippen LogP contribution in [0.5, 0.6) is 0 Å². The number of Topliss-reactive ketones (excluding diaryl/α,β-unsaturated/α-hetero) is 2. The minimum Gasteiger partial charge on any atom is -0.355 e. The molecule has 0 saturated carbocycles. The molecule has 4 nitrogen and oxygen atoms in total. The van der Waals surface area contributed by atoms with Gasteiger partial charge in [0.15, 0.2) is 11.6 Å². The first kappa shape index (κ1) is 14.5. The van der Waals surface area contributed by atoms with E-state index in [2.05, 4.69) is 9.97 Å². The fourth-order valence-corrected chi connectivity index (χ4v) is 2.93. The van der Waals surface area contributed by atoms with Gasteiger partial charge in [0.2, 0.25) is 0 Å². The molecule has 1 N–H and O–H groups in total. The number of aromatic amines is 1. The van der Waals surface area contributed by atoms with Crippen LogP contribution in [-0.2, 0) is 0 Å². The number of nitrogens with zero attached hydrogens (tertiary/aromatic N) is 1. The van der Waals surface area contributed by atoms with Crippen molar-refractivity contribution in [2.75, 3.05) is 5.75 Å². The maximum Gasteiger partial charge on any atom is 0.189 e. The molecule has 20 heavy (non-hydrogen) atoms. The molecule has 0 fully saturated rings. The summed E-state index contributed by atoms with van der Waals surface area (Å²) in [5.41, 5.74) is 2.63. The van der Waals surface area contributed by atoms with Crippen LogP contribution in [0, 0.1) is 13.8 Å². The first-order chi connectivity index (χ1) is 9.50. The monoisotopic (exact) mass is 288 g/mol. The number of carbonyl (C=O) groups excluding carboxylic acids is 2. The maximum absolute atomic E-state index is 12.2. The second-order valence-corrected chi connectivity index (χ2v) is 5.56. The summed E-state index contributed by atoms with van der Waals surface area (Å²) in [7, 11) is 0. The number of nitrogens with one attached hydrogen (secondary N) is 1. The van der Waals surface area contributed by atoms with E-state index in [1.165, 1.54) is 18.7 Å². The van der Waals surface area contributed by atoms with Crippen molar-refractivity contribution in [3.63, 3.8) is 0 Å². The zero-order valence-corrected chi connectivity index (χ0v) is 12.5. The van der Waals surface area contributed by atoms with Crippen molar-refractivity contribution in [1.29, 1.82) is 0 Å². The van der Waals surface area contributed by atoms with Crippen LogP contribution >= 0.6 is 11.8 Å². The standard InChI is InChI=1S/C15H16N2O2S/c1-9-14(11(3)18)10(2)17-15(9)12(19)8-20-13-6-4-5-7-16-13/h4-7,17H,8H2,1-3H3. The quantitative estimate of drug-likeness (QED) is 0.678. The van der Waals surface area contributed by atoms with E-state index in [9.17, 15) is 9.59 Å². The van der Waals surface area contributed by atoms with Gasteiger partial charge in [0.05, 0.1) is 16.5 Å². The Morgan fingerprint density at radius 1 is 1.30 bits per heavy atom. The van der Waals surface area contributed by atoms with Gasteiger partial charge in [-0.05, 0) is 38.5 Å². The molecule has 2 aromatic heterocycles. The number of thioether (sulfide) groups is 1. The lowest BCUT2D eigenvalue weighted by molar-refractivity contribution is 0.101. The lowest BCUT2D eigenvalue weighted by atomic mass is 10.1. The summed E-state index contributed by atoms with van der Waals surface area (Å²) in [4.78, 5) is 31.0. The normalized spacial score (nSPS) is 10.6. The number of pyridine rings is 1. The zero-order chi connectivity index (χ0) is 14.7. The lowest BCUT2D eigenvalue weighted by Crippen LogP contribution is -2.05. The molecule has 0 bridgehead atoms. The third-order valence-corrected chi connectivity index (χ3v) is 4.00. The molecule has 2 heterocycles. The third-order valence-electron chi connectivity index (χ3n) is 3.06. The van der Waals surface area contributed by atoms with Crippen LogP contribution in [0.15, 0.2) is 29.4 Å². The van der Waals surface area contributed by atoms with E-state index < -0.39 is 0 Å². The fraction of sp³-hybridized carbons (Fsp3) is 0.267. The highest BCUT2D eigenvalue weighted by atomic mass is 32.2. The molecule has 0 atom stereocenters. The molecular weight excluding hydrogens is 272 g/mol. The number of rotatable bonds is 5. The summed E-state index contributed by atoms with van der Waals surface area (Å²) in [5, 5.41) is 0.813. The molecule has 0 aliphatic carbocycles. The first-order valence-electron chi connectivity index (χ1n) is 6.28. The van der Waals surface area contributed by atoms with E-state index in [1.54, 1.807) is 13.1 Å². The smallest absolute Gasteiger partial charge is 0.189 e. The summed E-state index contributed by atoms with van der Waals surface area (Å²) in [6.07, 6.45) is 1.70. The summed E-state index contributed by atoms with van der Waals surface area (Å²) in [6.45, 7) is 5.13. The highest BCUT2D eigenvalue weighted by molar-refractivity contribution is 7.99. The van der Waals surface area contributed by atoms with E-state index in [4.69, 9.17) is 0 Å². The maximum atomic E-state index is 12.2. The largest absolute Gasteiger partial charge is 0.355 e. The van der Waals surface area contributed by atoms with Gasteiger partial charge < -0.3 is 4.98 Å². The fourth-order valence-electron chi connectivity index (χ4n) is 2.20. The Kier molecular flexibility index (Phi) is 4.39. The second kappa shape index (κ2) is 6.05. The molecule has 0 aliphatic heterocycles. The van der Waals surface area contributed by atoms with Crippen LogP contribution in [0.1, 0.15) is 39.0 Å². The van der Waals surface area contributed by atoms with Gasteiger partial charge in [0, 0.05) is 17.5 Å². The van der Waals surface area contributed by atoms with Crippen LogP contribution in [0.3, 0.4) is 0 Å². The Labute approximate surface area is 122 Å². The van der Waals surface area contributed by atoms with Crippen molar-refractivity contribution >= 4 is 23.3 Å². The predicted octanol–water partition coefficient (Wildman–Crippen LogP) is 3.20. The first-order valence-corrected chi connectivity index (χ1v) is 7.26. The van der Waals surface area contributed by atoms with Crippen LogP contribution in [0.25, 0.3) is 0 Å². The summed E-state index contributed by atoms with van der Waals surface area (Å²) >= 11 is 1.39. The van der Waals surface area contributed by atoms with Crippen LogP contribution in [0.2, 0.25) is 0 Å². The van der Waals surface area contributed by atoms with Gasteiger partial charge in [-0.15, -0.1) is 0 Å². The number of ketones is 2. The number of hydrogen-bond acceptors (Lipinski definition) is 4. The molecule has 5 heteroatoms. The molecule has 2 aromatic rings. The summed E-state index contributed by atoms with van der Waals surface area (Å²) in [5.74, 6) is 0.260. The molecule has 104 valence electrons. The summed E-state index contributed by atoms with van der Waals surface area (Å²) < 4.78 is 0. The molecule has 0 spiro atoms. The Bertz CT molecular complexity index is 647. The third kappa shape index (κ3) is 2.99. The number of aromatic nitrogens is 2. The van der Waals surface area contributed by atoms with E-state index >= 15 is 0 Å². The van der Waals surface area contributed by atoms with E-state index in [0.29, 0.717) is 17.0 Å². The van der Waals surface area contributed by atoms with Crippen molar-refractivity contribution in [2.45, 2.75) is 25.8 Å². The van der Waals surface area contributed by atoms with E-state index in [-0.39, 0.29) is 11.6 Å². The molecule has 0 unspecified atom stereocenters. The van der Waals surface area contributed by atoms with Crippen LogP contribution < -0.4 is 0 Å². The number of carbonyl (C=O) groups is 2. The van der Waals surface area contributed by atoms with Gasteiger partial charge in [-0.1, -0.05) is 17.8 Å². The van der Waals surface area contributed by atoms with Gasteiger partial charge >= 0.3 is 0 Å². The van der Waals surface area contributed by atoms with Crippen LogP contribution in [-0.4, -0.2) is 27.3 Å². The topological polar surface area (TPSA) is 62.8 Å². The van der Waals surface area contributed by atoms with Gasteiger partial charge in [0.25, 0.3) is 0 Å². The second-order valence-electron chi connectivity index (χ2n) is 4.56. The average Bonchev–Trinajstić information content (AvgIpc) is 2.72. The molecule has 0 saturated heterocycles. The molecular formula is C15H16N2O2S. The highest BCUT2D eigenvalue weighted by Crippen LogP contribution is 2.22. The molecule has 0 aromatic carbocycles. The van der Waals surface area contributed by atoms with Gasteiger partial charge in [-0.25, -0.2) is 4.98 Å². The number of hydrogen-bond donors (Lipinski definition) is 1. The van der Waals surface area contributed by atoms with Gasteiger partial charge in [0.1, 0.15) is 0 Å². The minimum atomic E-state index is -0.0207. The van der Waals surface area contributed by atoms with Gasteiger partial charge in [-0.2, -0.15) is 0 Å². The number of aryl methyl sites for hydroxylation is 1. The van der Waals surface area contributed by atoms with E-state index in [0.717, 1.165) is 16.3 Å². The number of H-pyrrole nitrogens is 1. The van der Waals surface area contributed by atoms with Crippen molar-refractivity contribution in [3.05, 3.63) is 46.9 Å². The van der Waals surface area contributed by atoms with Crippen molar-refractivity contribution in [1.82, 2.24) is 9.97 Å². The van der Waals surface area contributed by atoms with Crippen molar-refractivity contribution in [3.8, 4) is 0 Å². The van der Waals surface area contributed by atoms with E-state index in [1.807, 2.05) is 25.1 Å². The lowest BCUT2D eigenvalue weighted by Gasteiger charge is -2.01. The Morgan fingerprint density at radius 3 is 2.60 bits per heavy atom. The average molecular weight is 288 g/mol. The SMILES string of the molecule is CC(=O)c1c(C)[nH]c(C(=O)CSc2ccccn2)c1C. The zero-order valence-electron chi connectivity index (χ0n) is 11.7. The molecule has 0 aliphatic rings. The minimum absolute atomic E-state index is 0.0197. The van der Waals surface area contributed by atoms with Crippen molar-refractivity contribution < 1.29 is 9.59 Å². The summed E-state index contributed by atoms with van der Waals surface area (Å²) in [6, 6.07) is 5.59.